The maximum absolute atomic E-state index is 8.42. The summed E-state index contributed by atoms with van der Waals surface area (Å²) < 4.78 is 0.945. The molecule has 0 spiro atoms. The number of hydrogen-bond donors (Lipinski definition) is 2. The molecule has 0 saturated heterocycles. The van der Waals surface area contributed by atoms with E-state index in [0.717, 1.165) is 17.4 Å². The molecule has 9 heavy (non-hydrogen) atoms. The van der Waals surface area contributed by atoms with Gasteiger partial charge in [-0.05, 0) is 0 Å². The van der Waals surface area contributed by atoms with Crippen LogP contribution in [0.3, 0.4) is 0 Å². The summed E-state index contributed by atoms with van der Waals surface area (Å²) in [5.41, 5.74) is 0. The highest BCUT2D eigenvalue weighted by atomic mass is 16.3. The summed E-state index contributed by atoms with van der Waals surface area (Å²) in [5, 5.41) is 8.42. The van der Waals surface area contributed by atoms with E-state index in [1.54, 1.807) is 0 Å². The summed E-state index contributed by atoms with van der Waals surface area (Å²) >= 11 is 0. The Labute approximate surface area is 57.5 Å². The summed E-state index contributed by atoms with van der Waals surface area (Å²) in [4.78, 5) is 0. The van der Waals surface area contributed by atoms with Crippen molar-refractivity contribution in [2.45, 2.75) is 6.42 Å². The van der Waals surface area contributed by atoms with Crippen LogP contribution < -0.4 is 6.15 Å². The first-order chi connectivity index (χ1) is 3.56. The lowest BCUT2D eigenvalue weighted by Crippen LogP contribution is -2.35. The van der Waals surface area contributed by atoms with Crippen LogP contribution in [0.25, 0.3) is 0 Å². The summed E-state index contributed by atoms with van der Waals surface area (Å²) in [6, 6.07) is 0. The van der Waals surface area contributed by atoms with Crippen LogP contribution in [0.1, 0.15) is 6.42 Å². The van der Waals surface area contributed by atoms with E-state index in [2.05, 4.69) is 21.1 Å². The van der Waals surface area contributed by atoms with Crippen molar-refractivity contribution < 1.29 is 9.59 Å². The van der Waals surface area contributed by atoms with Gasteiger partial charge in [0.05, 0.1) is 27.7 Å². The zero-order valence-electron chi connectivity index (χ0n) is 6.72. The molecule has 0 aromatic carbocycles. The number of nitrogens with zero attached hydrogens (tertiary/aromatic N) is 1. The van der Waals surface area contributed by atoms with Crippen molar-refractivity contribution >= 4 is 0 Å². The lowest BCUT2D eigenvalue weighted by atomic mass is 10.4. The predicted molar refractivity (Wildman–Crippen MR) is 39.6 cm³/mol. The molecule has 0 heterocycles. The summed E-state index contributed by atoms with van der Waals surface area (Å²) in [5.74, 6) is 0. The third-order valence-electron chi connectivity index (χ3n) is 0.987. The second-order valence-electron chi connectivity index (χ2n) is 3.09. The lowest BCUT2D eigenvalue weighted by molar-refractivity contribution is -0.870. The Kier molecular flexibility index (Phi) is 6.12. The Morgan fingerprint density at radius 3 is 1.78 bits per heavy atom. The molecule has 4 N–H and O–H groups in total. The van der Waals surface area contributed by atoms with Crippen molar-refractivity contribution in [3.05, 3.63) is 0 Å². The van der Waals surface area contributed by atoms with Gasteiger partial charge < -0.3 is 15.7 Å². The minimum Gasteiger partial charge on any atom is -0.396 e. The number of hydrogen-bond acceptors (Lipinski definition) is 2. The van der Waals surface area contributed by atoms with Crippen molar-refractivity contribution in [3.63, 3.8) is 0 Å². The van der Waals surface area contributed by atoms with Crippen LogP contribution in [-0.2, 0) is 0 Å². The highest BCUT2D eigenvalue weighted by molar-refractivity contribution is 4.28. The second-order valence-corrected chi connectivity index (χ2v) is 3.09. The normalized spacial score (nSPS) is 10.7. The number of aliphatic hydroxyl groups is 1. The van der Waals surface area contributed by atoms with Gasteiger partial charge in [0.1, 0.15) is 0 Å². The minimum atomic E-state index is 0. The molecule has 0 aromatic heterocycles. The molecule has 58 valence electrons. The maximum Gasteiger partial charge on any atom is 0.0802 e. The van der Waals surface area contributed by atoms with Gasteiger partial charge in [-0.2, -0.15) is 0 Å². The van der Waals surface area contributed by atoms with E-state index in [1.807, 2.05) is 0 Å². The fraction of sp³-hybridized carbons (Fsp3) is 1.00. The van der Waals surface area contributed by atoms with Gasteiger partial charge in [-0.25, -0.2) is 0 Å². The fourth-order valence-corrected chi connectivity index (χ4v) is 0.545. The molecule has 3 heteroatoms. The predicted octanol–water partition coefficient (Wildman–Crippen LogP) is 0.237. The smallest absolute Gasteiger partial charge is 0.0802 e. The monoisotopic (exact) mass is 135 g/mol. The first kappa shape index (κ1) is 11.6. The molecule has 0 aliphatic rings. The van der Waals surface area contributed by atoms with Gasteiger partial charge in [-0.3, -0.25) is 0 Å². The quantitative estimate of drug-likeness (QED) is 0.544. The highest BCUT2D eigenvalue weighted by Crippen LogP contribution is 1.90. The average molecular weight is 135 g/mol. The van der Waals surface area contributed by atoms with Crippen LogP contribution in [0.5, 0.6) is 0 Å². The third-order valence-corrected chi connectivity index (χ3v) is 0.987. The van der Waals surface area contributed by atoms with E-state index >= 15 is 0 Å². The number of quaternary nitrogens is 1. The molecule has 0 rings (SSSR count). The molecule has 0 aliphatic carbocycles. The van der Waals surface area contributed by atoms with E-state index in [-0.39, 0.29) is 6.15 Å². The van der Waals surface area contributed by atoms with E-state index in [1.165, 1.54) is 0 Å². The van der Waals surface area contributed by atoms with Crippen LogP contribution >= 0.6 is 0 Å². The van der Waals surface area contributed by atoms with Gasteiger partial charge in [-0.1, -0.05) is 0 Å². The average Bonchev–Trinajstić information content (AvgIpc) is 1.59. The van der Waals surface area contributed by atoms with Crippen molar-refractivity contribution in [2.75, 3.05) is 34.3 Å². The molecular weight excluding hydrogens is 116 g/mol. The van der Waals surface area contributed by atoms with Crippen molar-refractivity contribution in [1.82, 2.24) is 6.15 Å². The number of rotatable bonds is 3. The molecular formula is C6H19N2O+. The van der Waals surface area contributed by atoms with Gasteiger partial charge in [0.2, 0.25) is 0 Å². The standard InChI is InChI=1S/C6H16NO.H3N/c1-7(2,3)5-4-6-8;/h8H,4-6H2,1-3H3;1H3/q+1;. The maximum atomic E-state index is 8.42. The van der Waals surface area contributed by atoms with Gasteiger partial charge in [0.25, 0.3) is 0 Å². The molecule has 0 fully saturated rings. The molecule has 0 bridgehead atoms. The Morgan fingerprint density at radius 2 is 1.67 bits per heavy atom. The largest absolute Gasteiger partial charge is 0.396 e. The Balaban J connectivity index is 0. The van der Waals surface area contributed by atoms with Gasteiger partial charge in [-0.15, -0.1) is 0 Å². The van der Waals surface area contributed by atoms with Crippen molar-refractivity contribution in [2.24, 2.45) is 0 Å². The molecule has 0 unspecified atom stereocenters. The van der Waals surface area contributed by atoms with Crippen molar-refractivity contribution in [1.29, 1.82) is 0 Å². The van der Waals surface area contributed by atoms with Crippen LogP contribution in [0, 0.1) is 0 Å². The number of aliphatic hydroxyl groups excluding tert-OH is 1. The molecule has 0 amide bonds. The van der Waals surface area contributed by atoms with E-state index < -0.39 is 0 Å². The Morgan fingerprint density at radius 1 is 1.22 bits per heavy atom. The zero-order valence-corrected chi connectivity index (χ0v) is 6.72. The molecule has 0 radical (unpaired) electrons. The third kappa shape index (κ3) is 11.4. The first-order valence-corrected chi connectivity index (χ1v) is 2.97. The first-order valence-electron chi connectivity index (χ1n) is 2.97. The van der Waals surface area contributed by atoms with Crippen LogP contribution in [0.2, 0.25) is 0 Å². The van der Waals surface area contributed by atoms with Crippen LogP contribution in [0.4, 0.5) is 0 Å². The molecule has 0 atom stereocenters. The van der Waals surface area contributed by atoms with Crippen molar-refractivity contribution in [3.8, 4) is 0 Å². The molecule has 3 nitrogen and oxygen atoms in total. The van der Waals surface area contributed by atoms with E-state index in [4.69, 9.17) is 5.11 Å². The minimum absolute atomic E-state index is 0. The fourth-order valence-electron chi connectivity index (χ4n) is 0.545. The zero-order chi connectivity index (χ0) is 6.62. The Hall–Kier alpha value is -0.120. The summed E-state index contributed by atoms with van der Waals surface area (Å²) in [7, 11) is 6.36. The molecule has 0 aliphatic heterocycles. The molecule has 0 aromatic rings. The highest BCUT2D eigenvalue weighted by Gasteiger charge is 2.03. The van der Waals surface area contributed by atoms with Gasteiger partial charge in [0, 0.05) is 13.0 Å². The summed E-state index contributed by atoms with van der Waals surface area (Å²) in [6.45, 7) is 1.37. The Bertz CT molecular complexity index is 58.6. The van der Waals surface area contributed by atoms with E-state index in [9.17, 15) is 0 Å². The van der Waals surface area contributed by atoms with Crippen LogP contribution in [0.15, 0.2) is 0 Å². The topological polar surface area (TPSA) is 55.2 Å². The van der Waals surface area contributed by atoms with Crippen LogP contribution in [-0.4, -0.2) is 43.9 Å². The second kappa shape index (κ2) is 4.73. The lowest BCUT2D eigenvalue weighted by Gasteiger charge is -2.22. The van der Waals surface area contributed by atoms with E-state index in [0.29, 0.717) is 6.61 Å². The van der Waals surface area contributed by atoms with Gasteiger partial charge in [0.15, 0.2) is 0 Å². The SMILES string of the molecule is C[N+](C)(C)CCCO.N. The van der Waals surface area contributed by atoms with Gasteiger partial charge >= 0.3 is 0 Å². The molecule has 0 saturated carbocycles. The summed E-state index contributed by atoms with van der Waals surface area (Å²) in [6.07, 6.45) is 0.906.